The Balaban J connectivity index is 2.18. The molecule has 0 amide bonds. The molecule has 8 nitrogen and oxygen atoms in total. The molecule has 0 bridgehead atoms. The molecule has 0 radical (unpaired) electrons. The summed E-state index contributed by atoms with van der Waals surface area (Å²) in [7, 11) is -3.82. The monoisotopic (exact) mass is 323 g/mol. The van der Waals surface area contributed by atoms with E-state index in [1.54, 1.807) is 0 Å². The molecule has 0 aliphatic carbocycles. The smallest absolute Gasteiger partial charge is 0.292 e. The first-order chi connectivity index (χ1) is 8.88. The summed E-state index contributed by atoms with van der Waals surface area (Å²) < 4.78 is 26.0. The summed E-state index contributed by atoms with van der Waals surface area (Å²) in [5.41, 5.74) is -0.523. The van der Waals surface area contributed by atoms with Crippen LogP contribution in [-0.4, -0.2) is 28.6 Å². The Bertz CT molecular complexity index is 754. The second-order valence-electron chi connectivity index (χ2n) is 3.39. The van der Waals surface area contributed by atoms with Crippen LogP contribution in [0.2, 0.25) is 10.2 Å². The van der Waals surface area contributed by atoms with Crippen molar-refractivity contribution >= 4 is 33.2 Å². The summed E-state index contributed by atoms with van der Waals surface area (Å²) in [5.74, 6) is 0.154. The van der Waals surface area contributed by atoms with E-state index in [9.17, 15) is 13.2 Å². The lowest BCUT2D eigenvalue weighted by molar-refractivity contribution is 0.579. The van der Waals surface area contributed by atoms with E-state index in [2.05, 4.69) is 24.9 Å². The maximum Gasteiger partial charge on any atom is 0.340 e. The van der Waals surface area contributed by atoms with Crippen LogP contribution in [0.3, 0.4) is 0 Å². The van der Waals surface area contributed by atoms with Gasteiger partial charge in [0.25, 0.3) is 0 Å². The highest BCUT2D eigenvalue weighted by Crippen LogP contribution is 2.21. The number of hydrogen-bond acceptors (Lipinski definition) is 5. The van der Waals surface area contributed by atoms with Crippen LogP contribution < -0.4 is 10.4 Å². The van der Waals surface area contributed by atoms with Crippen LogP contribution in [0.5, 0.6) is 0 Å². The van der Waals surface area contributed by atoms with Crippen LogP contribution in [0.4, 0.5) is 0 Å². The first kappa shape index (κ1) is 14.0. The van der Waals surface area contributed by atoms with Crippen molar-refractivity contribution < 1.29 is 8.42 Å². The molecular weight excluding hydrogens is 317 g/mol. The second kappa shape index (κ2) is 5.29. The van der Waals surface area contributed by atoms with E-state index in [0.29, 0.717) is 0 Å². The second-order valence-corrected chi connectivity index (χ2v) is 5.92. The van der Waals surface area contributed by atoms with Gasteiger partial charge in [-0.1, -0.05) is 23.2 Å². The molecule has 102 valence electrons. The van der Waals surface area contributed by atoms with Gasteiger partial charge >= 0.3 is 5.69 Å². The molecule has 2 aromatic rings. The molecule has 0 fully saturated rings. The normalized spacial score (nSPS) is 11.7. The van der Waals surface area contributed by atoms with Crippen molar-refractivity contribution in [1.82, 2.24) is 24.9 Å². The molecule has 0 aliphatic heterocycles. The Morgan fingerprint density at radius 2 is 2.11 bits per heavy atom. The van der Waals surface area contributed by atoms with Gasteiger partial charge in [0.15, 0.2) is 0 Å². The Morgan fingerprint density at radius 3 is 2.68 bits per heavy atom. The lowest BCUT2D eigenvalue weighted by Crippen LogP contribution is -2.24. The largest absolute Gasteiger partial charge is 0.340 e. The zero-order valence-electron chi connectivity index (χ0n) is 9.15. The maximum atomic E-state index is 11.9. The number of sulfonamides is 1. The molecule has 2 rings (SSSR count). The minimum absolute atomic E-state index is 0.0113. The lowest BCUT2D eigenvalue weighted by atomic mass is 10.5. The Morgan fingerprint density at radius 1 is 1.37 bits per heavy atom. The zero-order chi connectivity index (χ0) is 14.0. The van der Waals surface area contributed by atoms with E-state index in [0.717, 1.165) is 6.20 Å². The number of nitrogens with one attached hydrogen (secondary N) is 3. The third kappa shape index (κ3) is 3.32. The van der Waals surface area contributed by atoms with Crippen LogP contribution in [0.15, 0.2) is 22.0 Å². The molecule has 0 atom stereocenters. The Hall–Kier alpha value is -1.42. The van der Waals surface area contributed by atoms with Gasteiger partial charge in [-0.2, -0.15) is 5.10 Å². The highest BCUT2D eigenvalue weighted by atomic mass is 35.5. The molecule has 11 heteroatoms. The predicted molar refractivity (Wildman–Crippen MR) is 67.5 cm³/mol. The average molecular weight is 324 g/mol. The molecule has 2 heterocycles. The van der Waals surface area contributed by atoms with Gasteiger partial charge in [-0.05, 0) is 6.07 Å². The topological polar surface area (TPSA) is 121 Å². The SMILES string of the molecule is O=c1[nH]nc(CNS(=O)(=O)c2cnc(Cl)c(Cl)c2)[nH]1. The predicted octanol–water partition coefficient (Wildman–Crippen LogP) is 0.278. The van der Waals surface area contributed by atoms with Crippen LogP contribution in [0.1, 0.15) is 5.82 Å². The van der Waals surface area contributed by atoms with E-state index in [-0.39, 0.29) is 27.4 Å². The number of pyridine rings is 1. The van der Waals surface area contributed by atoms with Crippen molar-refractivity contribution in [3.8, 4) is 0 Å². The molecule has 0 spiro atoms. The van der Waals surface area contributed by atoms with Gasteiger partial charge in [0.1, 0.15) is 15.9 Å². The molecule has 0 saturated carbocycles. The standard InChI is InChI=1S/C8H7Cl2N5O3S/c9-5-1-4(2-11-7(5)10)19(17,18)12-3-6-13-8(16)15-14-6/h1-2,12H,3H2,(H2,13,14,15,16). The van der Waals surface area contributed by atoms with Crippen molar-refractivity contribution in [1.29, 1.82) is 0 Å². The zero-order valence-corrected chi connectivity index (χ0v) is 11.5. The third-order valence-corrected chi connectivity index (χ3v) is 4.12. The summed E-state index contributed by atoms with van der Waals surface area (Å²) in [6.07, 6.45) is 1.07. The van der Waals surface area contributed by atoms with Crippen LogP contribution in [0.25, 0.3) is 0 Å². The van der Waals surface area contributed by atoms with Gasteiger partial charge in [-0.25, -0.2) is 28.0 Å². The highest BCUT2D eigenvalue weighted by Gasteiger charge is 2.16. The summed E-state index contributed by atoms with van der Waals surface area (Å²) in [6.45, 7) is -0.179. The van der Waals surface area contributed by atoms with E-state index < -0.39 is 15.7 Å². The number of hydrogen-bond donors (Lipinski definition) is 3. The number of aromatic amines is 2. The number of rotatable bonds is 4. The average Bonchev–Trinajstić information content (AvgIpc) is 2.76. The summed E-state index contributed by atoms with van der Waals surface area (Å²) in [5, 5.41) is 5.71. The summed E-state index contributed by atoms with van der Waals surface area (Å²) in [4.78, 5) is 16.6. The number of nitrogens with zero attached hydrogens (tertiary/aromatic N) is 2. The van der Waals surface area contributed by atoms with E-state index in [1.807, 2.05) is 0 Å². The lowest BCUT2D eigenvalue weighted by Gasteiger charge is -2.05. The Kier molecular flexibility index (Phi) is 3.90. The van der Waals surface area contributed by atoms with E-state index in [4.69, 9.17) is 23.2 Å². The van der Waals surface area contributed by atoms with Crippen LogP contribution in [0, 0.1) is 0 Å². The van der Waals surface area contributed by atoms with Gasteiger partial charge < -0.3 is 0 Å². The van der Waals surface area contributed by atoms with Crippen molar-refractivity contribution in [3.05, 3.63) is 38.7 Å². The minimum atomic E-state index is -3.82. The molecule has 0 unspecified atom stereocenters. The van der Waals surface area contributed by atoms with Crippen LogP contribution in [-0.2, 0) is 16.6 Å². The highest BCUT2D eigenvalue weighted by molar-refractivity contribution is 7.89. The van der Waals surface area contributed by atoms with Gasteiger partial charge in [0.05, 0.1) is 11.6 Å². The molecule has 3 N–H and O–H groups in total. The van der Waals surface area contributed by atoms with E-state index in [1.165, 1.54) is 6.07 Å². The summed E-state index contributed by atoms with van der Waals surface area (Å²) in [6, 6.07) is 1.17. The third-order valence-electron chi connectivity index (χ3n) is 2.06. The molecular formula is C8H7Cl2N5O3S. The summed E-state index contributed by atoms with van der Waals surface area (Å²) >= 11 is 11.3. The number of H-pyrrole nitrogens is 2. The minimum Gasteiger partial charge on any atom is -0.292 e. The first-order valence-corrected chi connectivity index (χ1v) is 7.06. The number of halogens is 2. The fourth-order valence-electron chi connectivity index (χ4n) is 1.19. The number of aromatic nitrogens is 4. The van der Waals surface area contributed by atoms with Crippen LogP contribution >= 0.6 is 23.2 Å². The Labute approximate surface area is 117 Å². The molecule has 0 saturated heterocycles. The van der Waals surface area contributed by atoms with Crippen molar-refractivity contribution in [3.63, 3.8) is 0 Å². The van der Waals surface area contributed by atoms with Gasteiger partial charge in [-0.15, -0.1) is 0 Å². The quantitative estimate of drug-likeness (QED) is 0.698. The molecule has 2 aromatic heterocycles. The molecule has 19 heavy (non-hydrogen) atoms. The first-order valence-electron chi connectivity index (χ1n) is 4.83. The van der Waals surface area contributed by atoms with E-state index >= 15 is 0 Å². The fraction of sp³-hybridized carbons (Fsp3) is 0.125. The molecule has 0 aliphatic rings. The van der Waals surface area contributed by atoms with Gasteiger partial charge in [0, 0.05) is 6.20 Å². The fourth-order valence-corrected chi connectivity index (χ4v) is 2.48. The van der Waals surface area contributed by atoms with Crippen molar-refractivity contribution in [2.24, 2.45) is 0 Å². The van der Waals surface area contributed by atoms with Crippen molar-refractivity contribution in [2.75, 3.05) is 0 Å². The van der Waals surface area contributed by atoms with Crippen molar-refractivity contribution in [2.45, 2.75) is 11.4 Å². The molecule has 0 aromatic carbocycles. The van der Waals surface area contributed by atoms with Gasteiger partial charge in [0.2, 0.25) is 10.0 Å². The van der Waals surface area contributed by atoms with Gasteiger partial charge in [-0.3, -0.25) is 4.98 Å². The maximum absolute atomic E-state index is 11.9.